The molecule has 0 fully saturated rings. The Hall–Kier alpha value is -2.58. The molecular formula is C26H26ClIN2O3. The van der Waals surface area contributed by atoms with Gasteiger partial charge in [0.15, 0.2) is 6.61 Å². The fraction of sp³-hybridized carbons (Fsp3) is 0.231. The number of hydrogen-bond acceptors (Lipinski definition) is 3. The molecule has 1 N–H and O–H groups in total. The largest absolute Gasteiger partial charge is 0.484 e. The zero-order chi connectivity index (χ0) is 23.6. The summed E-state index contributed by atoms with van der Waals surface area (Å²) in [5.74, 6) is 0.140. The van der Waals surface area contributed by atoms with Crippen LogP contribution < -0.4 is 10.1 Å². The lowest BCUT2D eigenvalue weighted by Gasteiger charge is -2.31. The van der Waals surface area contributed by atoms with Gasteiger partial charge < -0.3 is 15.0 Å². The molecule has 0 unspecified atom stereocenters. The molecule has 172 valence electrons. The van der Waals surface area contributed by atoms with E-state index < -0.39 is 6.04 Å². The highest BCUT2D eigenvalue weighted by Crippen LogP contribution is 2.18. The molecule has 1 atom stereocenters. The lowest BCUT2D eigenvalue weighted by atomic mass is 10.0. The molecular weight excluding hydrogens is 551 g/mol. The van der Waals surface area contributed by atoms with Gasteiger partial charge in [0.25, 0.3) is 5.91 Å². The monoisotopic (exact) mass is 576 g/mol. The van der Waals surface area contributed by atoms with Gasteiger partial charge in [0.2, 0.25) is 5.91 Å². The average molecular weight is 577 g/mol. The number of rotatable bonds is 10. The summed E-state index contributed by atoms with van der Waals surface area (Å²) in [6.07, 6.45) is 0.398. The minimum absolute atomic E-state index is 0.168. The van der Waals surface area contributed by atoms with Crippen molar-refractivity contribution in [2.24, 2.45) is 0 Å². The summed E-state index contributed by atoms with van der Waals surface area (Å²) in [4.78, 5) is 28.1. The Labute approximate surface area is 213 Å². The average Bonchev–Trinajstić information content (AvgIpc) is 2.82. The second-order valence-corrected chi connectivity index (χ2v) is 9.17. The van der Waals surface area contributed by atoms with Crippen LogP contribution in [0.4, 0.5) is 0 Å². The standard InChI is InChI=1S/C26H26ClIN2O3/c1-2-29-26(32)24(16-19-6-4-3-5-7-19)30(17-20-8-10-21(27)11-9-20)25(31)18-33-23-14-12-22(28)13-15-23/h3-15,24H,2,16-18H2,1H3,(H,29,32)/t24-/m1/s1. The number of halogens is 2. The molecule has 0 saturated carbocycles. The molecule has 0 aliphatic rings. The van der Waals surface area contributed by atoms with Gasteiger partial charge in [-0.25, -0.2) is 0 Å². The molecule has 33 heavy (non-hydrogen) atoms. The van der Waals surface area contributed by atoms with Crippen molar-refractivity contribution in [3.63, 3.8) is 0 Å². The number of hydrogen-bond donors (Lipinski definition) is 1. The fourth-order valence-electron chi connectivity index (χ4n) is 3.39. The summed E-state index contributed by atoms with van der Waals surface area (Å²) in [5.41, 5.74) is 1.85. The van der Waals surface area contributed by atoms with Gasteiger partial charge in [-0.3, -0.25) is 9.59 Å². The molecule has 0 heterocycles. The SMILES string of the molecule is CCNC(=O)[C@@H](Cc1ccccc1)N(Cc1ccc(Cl)cc1)C(=O)COc1ccc(I)cc1. The van der Waals surface area contributed by atoms with Crippen LogP contribution in [0, 0.1) is 3.57 Å². The van der Waals surface area contributed by atoms with E-state index in [2.05, 4.69) is 27.9 Å². The van der Waals surface area contributed by atoms with Crippen LogP contribution in [0.25, 0.3) is 0 Å². The normalized spacial score (nSPS) is 11.5. The van der Waals surface area contributed by atoms with Crippen LogP contribution in [0.1, 0.15) is 18.1 Å². The lowest BCUT2D eigenvalue weighted by Crippen LogP contribution is -2.51. The molecule has 0 bridgehead atoms. The summed E-state index contributed by atoms with van der Waals surface area (Å²) in [6.45, 7) is 2.44. The second-order valence-electron chi connectivity index (χ2n) is 7.49. The summed E-state index contributed by atoms with van der Waals surface area (Å²) in [7, 11) is 0. The van der Waals surface area contributed by atoms with Gasteiger partial charge >= 0.3 is 0 Å². The second kappa shape index (κ2) is 12.6. The van der Waals surface area contributed by atoms with Crippen LogP contribution in [-0.2, 0) is 22.6 Å². The molecule has 0 saturated heterocycles. The van der Waals surface area contributed by atoms with Gasteiger partial charge in [-0.1, -0.05) is 54.1 Å². The summed E-state index contributed by atoms with van der Waals surface area (Å²) < 4.78 is 6.83. The molecule has 0 spiro atoms. The first kappa shape index (κ1) is 25.1. The van der Waals surface area contributed by atoms with Crippen LogP contribution >= 0.6 is 34.2 Å². The molecule has 0 aliphatic heterocycles. The highest BCUT2D eigenvalue weighted by Gasteiger charge is 2.30. The predicted octanol–water partition coefficient (Wildman–Crippen LogP) is 5.10. The predicted molar refractivity (Wildman–Crippen MR) is 139 cm³/mol. The third-order valence-electron chi connectivity index (χ3n) is 5.06. The van der Waals surface area contributed by atoms with Crippen LogP contribution in [0.5, 0.6) is 5.75 Å². The topological polar surface area (TPSA) is 58.6 Å². The van der Waals surface area contributed by atoms with Crippen molar-refractivity contribution in [2.75, 3.05) is 13.2 Å². The molecule has 5 nitrogen and oxygen atoms in total. The fourth-order valence-corrected chi connectivity index (χ4v) is 3.88. The van der Waals surface area contributed by atoms with Gasteiger partial charge in [-0.05, 0) is 77.0 Å². The lowest BCUT2D eigenvalue weighted by molar-refractivity contribution is -0.142. The van der Waals surface area contributed by atoms with E-state index in [-0.39, 0.29) is 25.0 Å². The van der Waals surface area contributed by atoms with Crippen molar-refractivity contribution >= 4 is 46.0 Å². The summed E-state index contributed by atoms with van der Waals surface area (Å²) >= 11 is 8.25. The van der Waals surface area contributed by atoms with Crippen LogP contribution in [0.2, 0.25) is 5.02 Å². The zero-order valence-electron chi connectivity index (χ0n) is 18.3. The molecule has 0 radical (unpaired) electrons. The van der Waals surface area contributed by atoms with Gasteiger partial charge in [-0.15, -0.1) is 0 Å². The van der Waals surface area contributed by atoms with E-state index in [4.69, 9.17) is 16.3 Å². The van der Waals surface area contributed by atoms with Gasteiger partial charge in [0.05, 0.1) is 0 Å². The number of ether oxygens (including phenoxy) is 1. The number of likely N-dealkylation sites (N-methyl/N-ethyl adjacent to an activating group) is 1. The van der Waals surface area contributed by atoms with E-state index in [1.54, 1.807) is 17.0 Å². The molecule has 0 aliphatic carbocycles. The maximum absolute atomic E-state index is 13.4. The Bertz CT molecular complexity index is 1040. The molecule has 7 heteroatoms. The van der Waals surface area contributed by atoms with Crippen molar-refractivity contribution in [2.45, 2.75) is 25.9 Å². The first-order chi connectivity index (χ1) is 16.0. The molecule has 3 aromatic rings. The summed E-state index contributed by atoms with van der Waals surface area (Å²) in [5, 5.41) is 3.49. The molecule has 3 aromatic carbocycles. The molecule has 2 amide bonds. The van der Waals surface area contributed by atoms with E-state index in [1.807, 2.05) is 73.7 Å². The number of nitrogens with one attached hydrogen (secondary N) is 1. The first-order valence-electron chi connectivity index (χ1n) is 10.7. The smallest absolute Gasteiger partial charge is 0.261 e. The number of nitrogens with zero attached hydrogens (tertiary/aromatic N) is 1. The quantitative estimate of drug-likeness (QED) is 0.342. The van der Waals surface area contributed by atoms with E-state index in [9.17, 15) is 9.59 Å². The van der Waals surface area contributed by atoms with E-state index in [1.165, 1.54) is 0 Å². The zero-order valence-corrected chi connectivity index (χ0v) is 21.3. The molecule has 0 aromatic heterocycles. The maximum Gasteiger partial charge on any atom is 0.261 e. The van der Waals surface area contributed by atoms with E-state index in [0.29, 0.717) is 23.7 Å². The number of amides is 2. The van der Waals surface area contributed by atoms with E-state index >= 15 is 0 Å². The third-order valence-corrected chi connectivity index (χ3v) is 6.04. The first-order valence-corrected chi connectivity index (χ1v) is 12.2. The van der Waals surface area contributed by atoms with Crippen molar-refractivity contribution in [1.82, 2.24) is 10.2 Å². The number of benzene rings is 3. The number of carbonyl (C=O) groups is 2. The van der Waals surface area contributed by atoms with Crippen molar-refractivity contribution in [3.05, 3.63) is 98.6 Å². The Kier molecular flexibility index (Phi) is 9.57. The van der Waals surface area contributed by atoms with E-state index in [0.717, 1.165) is 14.7 Å². The van der Waals surface area contributed by atoms with Crippen molar-refractivity contribution in [3.8, 4) is 5.75 Å². The maximum atomic E-state index is 13.4. The van der Waals surface area contributed by atoms with Crippen molar-refractivity contribution < 1.29 is 14.3 Å². The minimum Gasteiger partial charge on any atom is -0.484 e. The Morgan fingerprint density at radius 2 is 1.64 bits per heavy atom. The summed E-state index contributed by atoms with van der Waals surface area (Å²) in [6, 6.07) is 23.8. The third kappa shape index (κ3) is 7.75. The van der Waals surface area contributed by atoms with Crippen molar-refractivity contribution in [1.29, 1.82) is 0 Å². The van der Waals surface area contributed by atoms with Crippen LogP contribution in [0.15, 0.2) is 78.9 Å². The van der Waals surface area contributed by atoms with Gasteiger partial charge in [0, 0.05) is 28.1 Å². The Balaban J connectivity index is 1.87. The number of carbonyl (C=O) groups excluding carboxylic acids is 2. The van der Waals surface area contributed by atoms with Crippen LogP contribution in [-0.4, -0.2) is 35.9 Å². The van der Waals surface area contributed by atoms with Gasteiger partial charge in [-0.2, -0.15) is 0 Å². The Morgan fingerprint density at radius 3 is 2.27 bits per heavy atom. The highest BCUT2D eigenvalue weighted by molar-refractivity contribution is 14.1. The minimum atomic E-state index is -0.684. The molecule has 3 rings (SSSR count). The highest BCUT2D eigenvalue weighted by atomic mass is 127. The van der Waals surface area contributed by atoms with Gasteiger partial charge in [0.1, 0.15) is 11.8 Å². The Morgan fingerprint density at radius 1 is 0.970 bits per heavy atom. The van der Waals surface area contributed by atoms with Crippen LogP contribution in [0.3, 0.4) is 0 Å².